The van der Waals surface area contributed by atoms with Crippen molar-refractivity contribution in [1.82, 2.24) is 15.4 Å². The van der Waals surface area contributed by atoms with Crippen molar-refractivity contribution in [3.05, 3.63) is 54.1 Å². The predicted molar refractivity (Wildman–Crippen MR) is 60.1 cm³/mol. The summed E-state index contributed by atoms with van der Waals surface area (Å²) in [4.78, 5) is 18.2. The fraction of sp³-hybridized carbons (Fsp3) is 0. The van der Waals surface area contributed by atoms with Gasteiger partial charge in [-0.3, -0.25) is 9.78 Å². The van der Waals surface area contributed by atoms with Crippen LogP contribution in [0.15, 0.2) is 47.8 Å². The zero-order valence-electron chi connectivity index (χ0n) is 8.42. The van der Waals surface area contributed by atoms with Crippen LogP contribution in [0.1, 0.15) is 16.2 Å². The lowest BCUT2D eigenvalue weighted by molar-refractivity contribution is 0.0951. The Morgan fingerprint density at radius 1 is 1.38 bits per heavy atom. The van der Waals surface area contributed by atoms with E-state index in [-0.39, 0.29) is 5.91 Å². The normalized spacial score (nSPS) is 10.5. The largest absolute Gasteiger partial charge is 0.357 e. The molecule has 0 unspecified atom stereocenters. The zero-order chi connectivity index (χ0) is 11.2. The molecule has 0 fully saturated rings. The van der Waals surface area contributed by atoms with E-state index in [0.717, 1.165) is 0 Å². The topological polar surface area (TPSA) is 70.1 Å². The van der Waals surface area contributed by atoms with Gasteiger partial charge in [0.1, 0.15) is 5.69 Å². The molecule has 0 atom stereocenters. The molecule has 80 valence electrons. The molecule has 0 bridgehead atoms. The zero-order valence-corrected chi connectivity index (χ0v) is 8.42. The lowest BCUT2D eigenvalue weighted by atomic mass is 10.4. The number of hydrogen-bond acceptors (Lipinski definition) is 3. The summed E-state index contributed by atoms with van der Waals surface area (Å²) in [6.07, 6.45) is 4.83. The van der Waals surface area contributed by atoms with Crippen LogP contribution in [0.25, 0.3) is 0 Å². The number of carbonyl (C=O) groups is 1. The van der Waals surface area contributed by atoms with E-state index in [1.165, 1.54) is 6.21 Å². The van der Waals surface area contributed by atoms with Gasteiger partial charge in [-0.15, -0.1) is 0 Å². The maximum atomic E-state index is 11.4. The molecule has 0 saturated carbocycles. The maximum Gasteiger partial charge on any atom is 0.287 e. The molecule has 0 aliphatic rings. The lowest BCUT2D eigenvalue weighted by Gasteiger charge is -1.95. The number of rotatable bonds is 3. The second-order valence-electron chi connectivity index (χ2n) is 3.04. The SMILES string of the molecule is O=C(N/N=C\c1ccccn1)c1ccc[nH]1. The Bertz CT molecular complexity index is 476. The maximum absolute atomic E-state index is 11.4. The van der Waals surface area contributed by atoms with Gasteiger partial charge >= 0.3 is 0 Å². The Morgan fingerprint density at radius 2 is 2.31 bits per heavy atom. The Hall–Kier alpha value is -2.43. The number of nitrogens with zero attached hydrogens (tertiary/aromatic N) is 2. The number of carbonyl (C=O) groups excluding carboxylic acids is 1. The number of aromatic nitrogens is 2. The molecule has 0 aliphatic carbocycles. The summed E-state index contributed by atoms with van der Waals surface area (Å²) in [5.74, 6) is -0.280. The van der Waals surface area contributed by atoms with Crippen LogP contribution in [0.4, 0.5) is 0 Å². The lowest BCUT2D eigenvalue weighted by Crippen LogP contribution is -2.17. The van der Waals surface area contributed by atoms with E-state index in [1.54, 1.807) is 30.6 Å². The molecule has 0 aromatic carbocycles. The first-order chi connectivity index (χ1) is 7.86. The minimum atomic E-state index is -0.280. The van der Waals surface area contributed by atoms with Crippen molar-refractivity contribution in [2.75, 3.05) is 0 Å². The average molecular weight is 214 g/mol. The molecule has 0 aliphatic heterocycles. The van der Waals surface area contributed by atoms with Crippen LogP contribution in [0.3, 0.4) is 0 Å². The smallest absolute Gasteiger partial charge is 0.287 e. The molecule has 0 radical (unpaired) electrons. The van der Waals surface area contributed by atoms with E-state index >= 15 is 0 Å². The van der Waals surface area contributed by atoms with E-state index in [9.17, 15) is 4.79 Å². The molecule has 5 heteroatoms. The molecular formula is C11H10N4O. The third-order valence-electron chi connectivity index (χ3n) is 1.89. The van der Waals surface area contributed by atoms with Crippen molar-refractivity contribution in [2.24, 2.45) is 5.10 Å². The second kappa shape index (κ2) is 4.88. The highest BCUT2D eigenvalue weighted by Gasteiger charge is 2.02. The standard InChI is InChI=1S/C11H10N4O/c16-11(10-5-3-7-13-10)15-14-8-9-4-1-2-6-12-9/h1-8,13H,(H,15,16)/b14-8-. The third kappa shape index (κ3) is 2.54. The van der Waals surface area contributed by atoms with Crippen LogP contribution in [0, 0.1) is 0 Å². The van der Waals surface area contributed by atoms with E-state index in [2.05, 4.69) is 20.5 Å². The summed E-state index contributed by atoms with van der Waals surface area (Å²) in [6, 6.07) is 8.88. The predicted octanol–water partition coefficient (Wildman–Crippen LogP) is 1.17. The van der Waals surface area contributed by atoms with Crippen molar-refractivity contribution < 1.29 is 4.79 Å². The van der Waals surface area contributed by atoms with Crippen LogP contribution in [-0.4, -0.2) is 22.1 Å². The van der Waals surface area contributed by atoms with Crippen molar-refractivity contribution in [2.45, 2.75) is 0 Å². The summed E-state index contributed by atoms with van der Waals surface area (Å²) in [5, 5.41) is 3.79. The summed E-state index contributed by atoms with van der Waals surface area (Å²) in [5.41, 5.74) is 3.55. The van der Waals surface area contributed by atoms with Crippen molar-refractivity contribution in [1.29, 1.82) is 0 Å². The van der Waals surface area contributed by atoms with Gasteiger partial charge in [-0.2, -0.15) is 5.10 Å². The molecule has 2 aromatic heterocycles. The summed E-state index contributed by atoms with van der Waals surface area (Å²) >= 11 is 0. The Morgan fingerprint density at radius 3 is 3.00 bits per heavy atom. The van der Waals surface area contributed by atoms with Crippen molar-refractivity contribution >= 4 is 12.1 Å². The van der Waals surface area contributed by atoms with Gasteiger partial charge in [-0.05, 0) is 24.3 Å². The van der Waals surface area contributed by atoms with E-state index < -0.39 is 0 Å². The minimum absolute atomic E-state index is 0.280. The highest BCUT2D eigenvalue weighted by atomic mass is 16.2. The van der Waals surface area contributed by atoms with Crippen LogP contribution < -0.4 is 5.43 Å². The van der Waals surface area contributed by atoms with E-state index in [4.69, 9.17) is 0 Å². The number of pyridine rings is 1. The molecule has 16 heavy (non-hydrogen) atoms. The molecule has 2 heterocycles. The highest BCUT2D eigenvalue weighted by Crippen LogP contribution is 1.93. The Balaban J connectivity index is 1.93. The van der Waals surface area contributed by atoms with Gasteiger partial charge in [0.2, 0.25) is 0 Å². The molecule has 2 N–H and O–H groups in total. The quantitative estimate of drug-likeness (QED) is 0.594. The minimum Gasteiger partial charge on any atom is -0.357 e. The summed E-state index contributed by atoms with van der Waals surface area (Å²) in [7, 11) is 0. The van der Waals surface area contributed by atoms with Crippen molar-refractivity contribution in [3.63, 3.8) is 0 Å². The number of H-pyrrole nitrogens is 1. The monoisotopic (exact) mass is 214 g/mol. The summed E-state index contributed by atoms with van der Waals surface area (Å²) < 4.78 is 0. The first-order valence-corrected chi connectivity index (χ1v) is 4.74. The van der Waals surface area contributed by atoms with Gasteiger partial charge in [-0.1, -0.05) is 6.07 Å². The molecule has 1 amide bonds. The fourth-order valence-electron chi connectivity index (χ4n) is 1.14. The number of hydrogen-bond donors (Lipinski definition) is 2. The number of aromatic amines is 1. The average Bonchev–Trinajstić information content (AvgIpc) is 2.84. The molecule has 0 saturated heterocycles. The Labute approximate surface area is 92.2 Å². The van der Waals surface area contributed by atoms with E-state index in [0.29, 0.717) is 11.4 Å². The Kier molecular flexibility index (Phi) is 3.08. The first kappa shape index (κ1) is 10.1. The second-order valence-corrected chi connectivity index (χ2v) is 3.04. The van der Waals surface area contributed by atoms with Gasteiger partial charge < -0.3 is 4.98 Å². The molecule has 2 aromatic rings. The van der Waals surface area contributed by atoms with Gasteiger partial charge in [0.15, 0.2) is 0 Å². The van der Waals surface area contributed by atoms with Gasteiger partial charge in [0.05, 0.1) is 11.9 Å². The van der Waals surface area contributed by atoms with Crippen LogP contribution in [0.5, 0.6) is 0 Å². The molecular weight excluding hydrogens is 204 g/mol. The fourth-order valence-corrected chi connectivity index (χ4v) is 1.14. The number of hydrazone groups is 1. The van der Waals surface area contributed by atoms with Crippen LogP contribution in [0.2, 0.25) is 0 Å². The third-order valence-corrected chi connectivity index (χ3v) is 1.89. The van der Waals surface area contributed by atoms with Crippen molar-refractivity contribution in [3.8, 4) is 0 Å². The number of amides is 1. The van der Waals surface area contributed by atoms with E-state index in [1.807, 2.05) is 12.1 Å². The number of nitrogens with one attached hydrogen (secondary N) is 2. The van der Waals surface area contributed by atoms with Crippen LogP contribution >= 0.6 is 0 Å². The van der Waals surface area contributed by atoms with Crippen LogP contribution in [-0.2, 0) is 0 Å². The molecule has 2 rings (SSSR count). The van der Waals surface area contributed by atoms with Gasteiger partial charge in [0, 0.05) is 12.4 Å². The first-order valence-electron chi connectivity index (χ1n) is 4.74. The highest BCUT2D eigenvalue weighted by molar-refractivity contribution is 5.92. The molecule has 5 nitrogen and oxygen atoms in total. The van der Waals surface area contributed by atoms with Gasteiger partial charge in [-0.25, -0.2) is 5.43 Å². The molecule has 0 spiro atoms. The van der Waals surface area contributed by atoms with Gasteiger partial charge in [0.25, 0.3) is 5.91 Å². The summed E-state index contributed by atoms with van der Waals surface area (Å²) in [6.45, 7) is 0.